The summed E-state index contributed by atoms with van der Waals surface area (Å²) >= 11 is 0. The zero-order chi connectivity index (χ0) is 24.2. The fourth-order valence-electron chi connectivity index (χ4n) is 3.90. The van der Waals surface area contributed by atoms with Crippen molar-refractivity contribution < 1.29 is 14.0 Å². The van der Waals surface area contributed by atoms with Crippen LogP contribution in [-0.2, 0) is 13.2 Å². The van der Waals surface area contributed by atoms with E-state index in [1.54, 1.807) is 0 Å². The normalized spacial score (nSPS) is 11.1. The van der Waals surface area contributed by atoms with Crippen LogP contribution in [0.5, 0.6) is 11.5 Å². The summed E-state index contributed by atoms with van der Waals surface area (Å²) < 4.78 is 17.9. The third-order valence-corrected chi connectivity index (χ3v) is 5.44. The van der Waals surface area contributed by atoms with E-state index in [4.69, 9.17) is 14.0 Å². The highest BCUT2D eigenvalue weighted by Gasteiger charge is 2.14. The molecule has 7 heteroatoms. The van der Waals surface area contributed by atoms with Crippen molar-refractivity contribution in [3.8, 4) is 22.6 Å². The van der Waals surface area contributed by atoms with Crippen LogP contribution in [-0.4, -0.2) is 15.8 Å². The number of aromatic amines is 1. The smallest absolute Gasteiger partial charge is 0.440 e. The Kier molecular flexibility index (Phi) is 6.72. The average Bonchev–Trinajstić information content (AvgIpc) is 3.10. The van der Waals surface area contributed by atoms with Crippen LogP contribution in [0.4, 0.5) is 0 Å². The number of hydrogen-bond acceptors (Lipinski definition) is 5. The lowest BCUT2D eigenvalue weighted by Gasteiger charge is -2.19. The number of nitrogens with zero attached hydrogens (tertiary/aromatic N) is 1. The minimum atomic E-state index is -0.768. The Labute approximate surface area is 197 Å². The molecule has 0 fully saturated rings. The predicted octanol–water partition coefficient (Wildman–Crippen LogP) is 4.83. The van der Waals surface area contributed by atoms with Crippen LogP contribution < -0.4 is 20.9 Å². The first-order valence-corrected chi connectivity index (χ1v) is 11.2. The number of aromatic nitrogens is 2. The number of aryl methyl sites for hydroxylation is 2. The van der Waals surface area contributed by atoms with Crippen LogP contribution in [0, 0.1) is 13.8 Å². The van der Waals surface area contributed by atoms with Gasteiger partial charge in [0.05, 0.1) is 12.6 Å². The lowest BCUT2D eigenvalue weighted by molar-refractivity contribution is 0.243. The molecule has 1 N–H and O–H groups in total. The van der Waals surface area contributed by atoms with E-state index in [2.05, 4.69) is 43.1 Å². The van der Waals surface area contributed by atoms with E-state index in [0.717, 1.165) is 27.2 Å². The molecule has 0 saturated carbocycles. The predicted molar refractivity (Wildman–Crippen MR) is 131 cm³/mol. The summed E-state index contributed by atoms with van der Waals surface area (Å²) in [6, 6.07) is 19.7. The Bertz CT molecular complexity index is 1370. The van der Waals surface area contributed by atoms with E-state index in [-0.39, 0.29) is 12.6 Å². The Morgan fingerprint density at radius 1 is 0.941 bits per heavy atom. The third-order valence-electron chi connectivity index (χ3n) is 5.44. The van der Waals surface area contributed by atoms with Crippen LogP contribution >= 0.6 is 0 Å². The maximum Gasteiger partial charge on any atom is 0.440 e. The molecular formula is C27H28N2O5. The van der Waals surface area contributed by atoms with Crippen molar-refractivity contribution in [3.05, 3.63) is 104 Å². The molecule has 0 aliphatic rings. The topological polar surface area (TPSA) is 86.5 Å². The minimum Gasteiger partial charge on any atom is -0.490 e. The van der Waals surface area contributed by atoms with E-state index in [1.165, 1.54) is 16.7 Å². The molecule has 34 heavy (non-hydrogen) atoms. The van der Waals surface area contributed by atoms with Gasteiger partial charge >= 0.3 is 11.4 Å². The van der Waals surface area contributed by atoms with Crippen LogP contribution in [0.15, 0.2) is 74.8 Å². The molecule has 7 nitrogen and oxygen atoms in total. The summed E-state index contributed by atoms with van der Waals surface area (Å²) in [6.07, 6.45) is 0.0684. The van der Waals surface area contributed by atoms with Crippen molar-refractivity contribution in [2.24, 2.45) is 0 Å². The Balaban J connectivity index is 1.52. The van der Waals surface area contributed by atoms with Crippen molar-refractivity contribution in [1.82, 2.24) is 9.72 Å². The minimum absolute atomic E-state index is 0.0684. The Morgan fingerprint density at radius 3 is 2.24 bits per heavy atom. The number of benzene rings is 3. The van der Waals surface area contributed by atoms with Crippen LogP contribution in [0.2, 0.25) is 0 Å². The van der Waals surface area contributed by atoms with Crippen molar-refractivity contribution in [2.75, 3.05) is 0 Å². The van der Waals surface area contributed by atoms with Crippen LogP contribution in [0.1, 0.15) is 36.1 Å². The summed E-state index contributed by atoms with van der Waals surface area (Å²) in [5.74, 6) is 0.782. The molecule has 1 aromatic heterocycles. The Morgan fingerprint density at radius 2 is 1.62 bits per heavy atom. The van der Waals surface area contributed by atoms with Gasteiger partial charge in [-0.15, -0.1) is 4.74 Å². The Hall–Kier alpha value is -4.00. The highest BCUT2D eigenvalue weighted by Crippen LogP contribution is 2.36. The first kappa shape index (κ1) is 23.2. The van der Waals surface area contributed by atoms with Gasteiger partial charge in [-0.25, -0.2) is 14.6 Å². The molecule has 0 radical (unpaired) electrons. The summed E-state index contributed by atoms with van der Waals surface area (Å²) in [5, 5.41) is 0. The van der Waals surface area contributed by atoms with E-state index in [9.17, 15) is 9.59 Å². The monoisotopic (exact) mass is 460 g/mol. The zero-order valence-electron chi connectivity index (χ0n) is 19.8. The molecule has 0 amide bonds. The summed E-state index contributed by atoms with van der Waals surface area (Å²) in [4.78, 5) is 24.8. The molecule has 4 aromatic rings. The SMILES string of the molecule is Cc1cccc(C)c1-c1cc(COc2ccc(Cn3oc(=O)[nH]c3=O)cc2)ccc1OC(C)C. The molecule has 176 valence electrons. The number of ether oxygens (including phenoxy) is 2. The highest BCUT2D eigenvalue weighted by molar-refractivity contribution is 5.76. The molecule has 4 rings (SSSR count). The van der Waals surface area contributed by atoms with E-state index in [1.807, 2.05) is 50.2 Å². The molecule has 0 aliphatic carbocycles. The molecule has 3 aromatic carbocycles. The largest absolute Gasteiger partial charge is 0.490 e. The van der Waals surface area contributed by atoms with Crippen molar-refractivity contribution in [1.29, 1.82) is 0 Å². The van der Waals surface area contributed by atoms with Gasteiger partial charge < -0.3 is 14.0 Å². The van der Waals surface area contributed by atoms with Crippen molar-refractivity contribution >= 4 is 0 Å². The second-order valence-corrected chi connectivity index (χ2v) is 8.54. The van der Waals surface area contributed by atoms with Gasteiger partial charge in [0.1, 0.15) is 18.1 Å². The van der Waals surface area contributed by atoms with Gasteiger partial charge in [0, 0.05) is 5.56 Å². The van der Waals surface area contributed by atoms with Gasteiger partial charge in [-0.3, -0.25) is 0 Å². The van der Waals surface area contributed by atoms with Gasteiger partial charge in [0.15, 0.2) is 0 Å². The van der Waals surface area contributed by atoms with Gasteiger partial charge in [0.2, 0.25) is 0 Å². The standard InChI is InChI=1S/C27H28N2O5/c1-17(2)33-24-13-10-21(14-23(24)25-18(3)6-5-7-19(25)4)16-32-22-11-8-20(9-12-22)15-29-26(30)28-27(31)34-29/h5-14,17H,15-16H2,1-4H3,(H,28,30,31). The van der Waals surface area contributed by atoms with E-state index < -0.39 is 11.4 Å². The fourth-order valence-corrected chi connectivity index (χ4v) is 3.90. The number of hydrogen-bond donors (Lipinski definition) is 1. The fraction of sp³-hybridized carbons (Fsp3) is 0.259. The van der Waals surface area contributed by atoms with Gasteiger partial charge in [0.25, 0.3) is 0 Å². The second kappa shape index (κ2) is 9.87. The van der Waals surface area contributed by atoms with E-state index >= 15 is 0 Å². The molecular weight excluding hydrogens is 432 g/mol. The molecule has 0 spiro atoms. The summed E-state index contributed by atoms with van der Waals surface area (Å²) in [6.45, 7) is 8.82. The molecule has 0 bridgehead atoms. The number of H-pyrrole nitrogens is 1. The van der Waals surface area contributed by atoms with E-state index in [0.29, 0.717) is 12.4 Å². The average molecular weight is 461 g/mol. The first-order chi connectivity index (χ1) is 16.3. The van der Waals surface area contributed by atoms with Crippen molar-refractivity contribution in [2.45, 2.75) is 47.0 Å². The quantitative estimate of drug-likeness (QED) is 0.407. The number of nitrogens with one attached hydrogen (secondary N) is 1. The maximum atomic E-state index is 11.6. The number of rotatable bonds is 8. The lowest BCUT2D eigenvalue weighted by atomic mass is 9.94. The van der Waals surface area contributed by atoms with Crippen LogP contribution in [0.3, 0.4) is 0 Å². The summed E-state index contributed by atoms with van der Waals surface area (Å²) in [7, 11) is 0. The van der Waals surface area contributed by atoms with Gasteiger partial charge in [-0.05, 0) is 79.8 Å². The third kappa shape index (κ3) is 5.31. The molecule has 1 heterocycles. The van der Waals surface area contributed by atoms with Crippen LogP contribution in [0.25, 0.3) is 11.1 Å². The molecule has 0 aliphatic heterocycles. The second-order valence-electron chi connectivity index (χ2n) is 8.54. The highest BCUT2D eigenvalue weighted by atomic mass is 16.5. The lowest BCUT2D eigenvalue weighted by Crippen LogP contribution is -2.17. The summed E-state index contributed by atoms with van der Waals surface area (Å²) in [5.41, 5.74) is 5.88. The zero-order valence-corrected chi connectivity index (χ0v) is 19.8. The molecule has 0 atom stereocenters. The maximum absolute atomic E-state index is 11.6. The first-order valence-electron chi connectivity index (χ1n) is 11.2. The molecule has 0 unspecified atom stereocenters. The molecule has 0 saturated heterocycles. The van der Waals surface area contributed by atoms with Gasteiger partial charge in [-0.1, -0.05) is 36.4 Å². The van der Waals surface area contributed by atoms with Gasteiger partial charge in [-0.2, -0.15) is 0 Å². The van der Waals surface area contributed by atoms with Crippen molar-refractivity contribution in [3.63, 3.8) is 0 Å².